The molecule has 5 heteroatoms. The second-order valence-corrected chi connectivity index (χ2v) is 3.00. The van der Waals surface area contributed by atoms with Crippen molar-refractivity contribution in [3.05, 3.63) is 24.5 Å². The first-order valence-corrected chi connectivity index (χ1v) is 4.26. The predicted molar refractivity (Wildman–Crippen MR) is 52.2 cm³/mol. The Morgan fingerprint density at radius 3 is 3.00 bits per heavy atom. The largest absolute Gasteiger partial charge is 0.396 e. The number of aliphatic hydroxyl groups excluding tert-OH is 1. The number of amides is 1. The number of pyridine rings is 1. The Morgan fingerprint density at radius 1 is 1.79 bits per heavy atom. The van der Waals surface area contributed by atoms with Crippen molar-refractivity contribution in [2.24, 2.45) is 11.8 Å². The fourth-order valence-electron chi connectivity index (χ4n) is 0.939. The first-order valence-electron chi connectivity index (χ1n) is 4.26. The van der Waals surface area contributed by atoms with Crippen molar-refractivity contribution in [1.29, 1.82) is 0 Å². The topological polar surface area (TPSA) is 79.5 Å². The molecule has 0 saturated carbocycles. The first-order chi connectivity index (χ1) is 6.66. The van der Waals surface area contributed by atoms with Gasteiger partial charge < -0.3 is 5.11 Å². The van der Waals surface area contributed by atoms with Crippen LogP contribution in [0.3, 0.4) is 0 Å². The zero-order valence-electron chi connectivity index (χ0n) is 7.92. The average Bonchev–Trinajstić information content (AvgIpc) is 2.27. The molecule has 14 heavy (non-hydrogen) atoms. The molecule has 1 unspecified atom stereocenters. The summed E-state index contributed by atoms with van der Waals surface area (Å²) in [5.74, 6) is 4.72. The molecule has 1 atom stereocenters. The van der Waals surface area contributed by atoms with Gasteiger partial charge in [0.25, 0.3) is 0 Å². The number of hydrogen-bond donors (Lipinski definition) is 2. The Morgan fingerprint density at radius 2 is 2.50 bits per heavy atom. The lowest BCUT2D eigenvalue weighted by atomic mass is 10.2. The van der Waals surface area contributed by atoms with Gasteiger partial charge in [-0.15, -0.1) is 0 Å². The molecule has 3 N–H and O–H groups in total. The van der Waals surface area contributed by atoms with Crippen LogP contribution in [-0.2, 0) is 4.79 Å². The minimum atomic E-state index is -0.500. The number of aromatic nitrogens is 1. The lowest BCUT2D eigenvalue weighted by Gasteiger charge is -2.18. The number of carbonyl (C=O) groups excluding carboxylic acids is 1. The summed E-state index contributed by atoms with van der Waals surface area (Å²) in [6.07, 6.45) is 3.08. The minimum absolute atomic E-state index is 0.215. The summed E-state index contributed by atoms with van der Waals surface area (Å²) in [7, 11) is 0. The lowest BCUT2D eigenvalue weighted by molar-refractivity contribution is -0.123. The van der Waals surface area contributed by atoms with E-state index in [0.717, 1.165) is 5.01 Å². The van der Waals surface area contributed by atoms with Crippen LogP contribution in [0.1, 0.15) is 6.92 Å². The van der Waals surface area contributed by atoms with Crippen molar-refractivity contribution in [2.45, 2.75) is 6.92 Å². The van der Waals surface area contributed by atoms with Crippen molar-refractivity contribution in [3.8, 4) is 0 Å². The molecule has 0 radical (unpaired) electrons. The van der Waals surface area contributed by atoms with Crippen LogP contribution >= 0.6 is 0 Å². The molecule has 0 spiro atoms. The summed E-state index contributed by atoms with van der Waals surface area (Å²) in [4.78, 5) is 15.3. The Labute approximate surface area is 82.1 Å². The molecule has 0 aliphatic heterocycles. The van der Waals surface area contributed by atoms with E-state index in [1.54, 1.807) is 25.3 Å². The average molecular weight is 195 g/mol. The van der Waals surface area contributed by atoms with Crippen molar-refractivity contribution < 1.29 is 9.90 Å². The van der Waals surface area contributed by atoms with Crippen molar-refractivity contribution >= 4 is 11.6 Å². The number of rotatable bonds is 3. The van der Waals surface area contributed by atoms with Crippen molar-refractivity contribution in [3.63, 3.8) is 0 Å². The van der Waals surface area contributed by atoms with Gasteiger partial charge in [-0.25, -0.2) is 10.9 Å². The molecule has 0 bridgehead atoms. The third-order valence-corrected chi connectivity index (χ3v) is 1.86. The minimum Gasteiger partial charge on any atom is -0.396 e. The summed E-state index contributed by atoms with van der Waals surface area (Å²) < 4.78 is 0. The number of hydrogen-bond acceptors (Lipinski definition) is 4. The quantitative estimate of drug-likeness (QED) is 0.401. The maximum Gasteiger partial charge on any atom is 0.246 e. The smallest absolute Gasteiger partial charge is 0.246 e. The number of hydrazine groups is 1. The maximum absolute atomic E-state index is 11.5. The summed E-state index contributed by atoms with van der Waals surface area (Å²) >= 11 is 0. The van der Waals surface area contributed by atoms with Gasteiger partial charge in [-0.3, -0.25) is 9.78 Å². The van der Waals surface area contributed by atoms with Gasteiger partial charge in [0.05, 0.1) is 24.4 Å². The van der Waals surface area contributed by atoms with E-state index in [-0.39, 0.29) is 12.5 Å². The fraction of sp³-hybridized carbons (Fsp3) is 0.333. The second kappa shape index (κ2) is 4.69. The molecule has 1 aromatic rings. The van der Waals surface area contributed by atoms with Gasteiger partial charge in [0, 0.05) is 6.20 Å². The molecule has 0 fully saturated rings. The second-order valence-electron chi connectivity index (χ2n) is 3.00. The van der Waals surface area contributed by atoms with Crippen LogP contribution in [0.25, 0.3) is 0 Å². The fourth-order valence-corrected chi connectivity index (χ4v) is 0.939. The Balaban J connectivity index is 2.76. The summed E-state index contributed by atoms with van der Waals surface area (Å²) in [6, 6.07) is 3.36. The van der Waals surface area contributed by atoms with Gasteiger partial charge in [-0.2, -0.15) is 0 Å². The summed E-state index contributed by atoms with van der Waals surface area (Å²) in [5.41, 5.74) is 0.512. The Kier molecular flexibility index (Phi) is 3.55. The summed E-state index contributed by atoms with van der Waals surface area (Å²) in [5, 5.41) is 9.78. The molecule has 1 heterocycles. The van der Waals surface area contributed by atoms with Gasteiger partial charge >= 0.3 is 0 Å². The monoisotopic (exact) mass is 195 g/mol. The standard InChI is InChI=1S/C9H13N3O2/c1-7(6-13)9(14)12(10)8-3-2-4-11-5-8/h2-5,7,13H,6,10H2,1H3. The van der Waals surface area contributed by atoms with E-state index in [1.165, 1.54) is 6.20 Å². The number of nitrogens with two attached hydrogens (primary N) is 1. The van der Waals surface area contributed by atoms with E-state index in [9.17, 15) is 4.79 Å². The van der Waals surface area contributed by atoms with Gasteiger partial charge in [0.15, 0.2) is 0 Å². The molecular weight excluding hydrogens is 182 g/mol. The van der Waals surface area contributed by atoms with E-state index in [4.69, 9.17) is 10.9 Å². The Hall–Kier alpha value is -1.46. The highest BCUT2D eigenvalue weighted by Crippen LogP contribution is 2.10. The SMILES string of the molecule is CC(CO)C(=O)N(N)c1cccnc1. The van der Waals surface area contributed by atoms with Crippen LogP contribution in [0.5, 0.6) is 0 Å². The number of carbonyl (C=O) groups is 1. The highest BCUT2D eigenvalue weighted by molar-refractivity contribution is 5.93. The molecule has 0 aliphatic rings. The molecule has 1 rings (SSSR count). The van der Waals surface area contributed by atoms with Crippen molar-refractivity contribution in [1.82, 2.24) is 4.98 Å². The Bertz CT molecular complexity index is 302. The van der Waals surface area contributed by atoms with Crippen LogP contribution in [0.15, 0.2) is 24.5 Å². The molecule has 76 valence electrons. The molecule has 0 aliphatic carbocycles. The van der Waals surface area contributed by atoms with Crippen LogP contribution in [0, 0.1) is 5.92 Å². The third-order valence-electron chi connectivity index (χ3n) is 1.86. The number of aliphatic hydroxyl groups is 1. The molecule has 0 aromatic carbocycles. The van der Waals surface area contributed by atoms with E-state index in [1.807, 2.05) is 0 Å². The highest BCUT2D eigenvalue weighted by Gasteiger charge is 2.18. The first kappa shape index (κ1) is 10.6. The van der Waals surface area contributed by atoms with Crippen molar-refractivity contribution in [2.75, 3.05) is 11.6 Å². The zero-order valence-corrected chi connectivity index (χ0v) is 7.92. The maximum atomic E-state index is 11.5. The molecular formula is C9H13N3O2. The summed E-state index contributed by atoms with van der Waals surface area (Å²) in [6.45, 7) is 1.39. The normalized spacial score (nSPS) is 12.2. The van der Waals surface area contributed by atoms with Crippen LogP contribution in [0.2, 0.25) is 0 Å². The zero-order chi connectivity index (χ0) is 10.6. The van der Waals surface area contributed by atoms with Crippen LogP contribution in [-0.4, -0.2) is 22.6 Å². The molecule has 1 aromatic heterocycles. The van der Waals surface area contributed by atoms with Gasteiger partial charge in [0.2, 0.25) is 5.91 Å². The molecule has 0 saturated heterocycles. The van der Waals surface area contributed by atoms with E-state index < -0.39 is 5.92 Å². The van der Waals surface area contributed by atoms with E-state index in [0.29, 0.717) is 5.69 Å². The lowest BCUT2D eigenvalue weighted by Crippen LogP contribution is -2.41. The van der Waals surface area contributed by atoms with Gasteiger partial charge in [-0.05, 0) is 12.1 Å². The molecule has 1 amide bonds. The third kappa shape index (κ3) is 2.27. The van der Waals surface area contributed by atoms with E-state index >= 15 is 0 Å². The highest BCUT2D eigenvalue weighted by atomic mass is 16.3. The van der Waals surface area contributed by atoms with Crippen LogP contribution < -0.4 is 10.9 Å². The van der Waals surface area contributed by atoms with E-state index in [2.05, 4.69) is 4.98 Å². The van der Waals surface area contributed by atoms with Gasteiger partial charge in [-0.1, -0.05) is 6.92 Å². The molecule has 5 nitrogen and oxygen atoms in total. The number of anilines is 1. The predicted octanol–water partition coefficient (Wildman–Crippen LogP) is -0.0833. The number of nitrogens with zero attached hydrogens (tertiary/aromatic N) is 2. The van der Waals surface area contributed by atoms with Crippen LogP contribution in [0.4, 0.5) is 5.69 Å². The van der Waals surface area contributed by atoms with Gasteiger partial charge in [0.1, 0.15) is 0 Å².